The van der Waals surface area contributed by atoms with Crippen LogP contribution in [0.15, 0.2) is 0 Å². The average molecular weight is 254 g/mol. The van der Waals surface area contributed by atoms with Crippen LogP contribution in [-0.4, -0.2) is 55.0 Å². The Hall–Kier alpha value is -0.650. The van der Waals surface area contributed by atoms with Gasteiger partial charge in [0.2, 0.25) is 5.91 Å². The third-order valence-corrected chi connectivity index (χ3v) is 4.60. The van der Waals surface area contributed by atoms with Gasteiger partial charge in [0, 0.05) is 32.5 Å². The number of amides is 1. The molecule has 0 aromatic heterocycles. The van der Waals surface area contributed by atoms with Gasteiger partial charge in [-0.2, -0.15) is 0 Å². The number of piperazine rings is 1. The predicted octanol–water partition coefficient (Wildman–Crippen LogP) is 0.494. The Balaban J connectivity index is 1.71. The molecule has 18 heavy (non-hydrogen) atoms. The molecule has 3 fully saturated rings. The number of nitrogens with one attached hydrogen (secondary N) is 1. The smallest absolute Gasteiger partial charge is 0.242 e. The van der Waals surface area contributed by atoms with Crippen LogP contribution >= 0.6 is 0 Å². The molecule has 0 radical (unpaired) electrons. The number of likely N-dealkylation sites (N-methyl/N-ethyl adjacent to an activating group) is 1. The molecule has 5 nitrogen and oxygen atoms in total. The monoisotopic (exact) mass is 254 g/mol. The number of nitrogens with zero attached hydrogens (tertiary/aromatic N) is 1. The molecule has 0 aromatic carbocycles. The Morgan fingerprint density at radius 1 is 1.22 bits per heavy atom. The van der Waals surface area contributed by atoms with E-state index in [9.17, 15) is 4.79 Å². The van der Waals surface area contributed by atoms with Crippen molar-refractivity contribution in [2.45, 2.75) is 43.9 Å². The SMILES string of the molecule is CCN1CCNC2(CCC3(CC2)OCCO3)C1=O. The number of hydrogen-bond acceptors (Lipinski definition) is 4. The van der Waals surface area contributed by atoms with Crippen LogP contribution in [0.5, 0.6) is 0 Å². The second-order valence-corrected chi connectivity index (χ2v) is 5.50. The standard InChI is InChI=1S/C13H22N2O3/c1-2-15-8-7-14-12(11(15)16)3-5-13(6-4-12)17-9-10-18-13/h14H,2-10H2,1H3. The van der Waals surface area contributed by atoms with E-state index < -0.39 is 0 Å². The van der Waals surface area contributed by atoms with Crippen molar-refractivity contribution < 1.29 is 14.3 Å². The first-order valence-corrected chi connectivity index (χ1v) is 7.02. The number of ether oxygens (including phenoxy) is 2. The third-order valence-electron chi connectivity index (χ3n) is 4.60. The lowest BCUT2D eigenvalue weighted by molar-refractivity contribution is -0.191. The summed E-state index contributed by atoms with van der Waals surface area (Å²) in [6, 6.07) is 0. The van der Waals surface area contributed by atoms with E-state index in [2.05, 4.69) is 5.32 Å². The molecule has 102 valence electrons. The van der Waals surface area contributed by atoms with Gasteiger partial charge in [0.1, 0.15) is 0 Å². The second-order valence-electron chi connectivity index (χ2n) is 5.50. The zero-order valence-electron chi connectivity index (χ0n) is 11.0. The van der Waals surface area contributed by atoms with Crippen LogP contribution in [0.3, 0.4) is 0 Å². The van der Waals surface area contributed by atoms with Crippen LogP contribution in [-0.2, 0) is 14.3 Å². The highest BCUT2D eigenvalue weighted by Crippen LogP contribution is 2.41. The highest BCUT2D eigenvalue weighted by atomic mass is 16.7. The maximum Gasteiger partial charge on any atom is 0.242 e. The van der Waals surface area contributed by atoms with Gasteiger partial charge in [0.15, 0.2) is 5.79 Å². The molecule has 3 aliphatic rings. The van der Waals surface area contributed by atoms with Crippen LogP contribution < -0.4 is 5.32 Å². The Bertz CT molecular complexity index is 329. The molecule has 2 saturated heterocycles. The van der Waals surface area contributed by atoms with Gasteiger partial charge >= 0.3 is 0 Å². The molecule has 0 bridgehead atoms. The lowest BCUT2D eigenvalue weighted by Gasteiger charge is -2.47. The van der Waals surface area contributed by atoms with Crippen molar-refractivity contribution in [3.8, 4) is 0 Å². The highest BCUT2D eigenvalue weighted by Gasteiger charge is 2.51. The Morgan fingerprint density at radius 2 is 1.89 bits per heavy atom. The molecule has 1 N–H and O–H groups in total. The lowest BCUT2D eigenvalue weighted by atomic mass is 9.76. The lowest BCUT2D eigenvalue weighted by Crippen LogP contribution is -2.66. The molecular weight excluding hydrogens is 232 g/mol. The zero-order chi connectivity index (χ0) is 12.6. The van der Waals surface area contributed by atoms with Gasteiger partial charge in [-0.05, 0) is 19.8 Å². The molecule has 0 unspecified atom stereocenters. The van der Waals surface area contributed by atoms with E-state index in [0.717, 1.165) is 45.3 Å². The van der Waals surface area contributed by atoms with Crippen molar-refractivity contribution in [1.82, 2.24) is 10.2 Å². The maximum absolute atomic E-state index is 12.5. The van der Waals surface area contributed by atoms with Gasteiger partial charge < -0.3 is 19.7 Å². The maximum atomic E-state index is 12.5. The topological polar surface area (TPSA) is 50.8 Å². The number of carbonyl (C=O) groups is 1. The van der Waals surface area contributed by atoms with Crippen molar-refractivity contribution in [1.29, 1.82) is 0 Å². The fourth-order valence-corrected chi connectivity index (χ4v) is 3.45. The summed E-state index contributed by atoms with van der Waals surface area (Å²) in [5, 5.41) is 3.45. The van der Waals surface area contributed by atoms with Crippen LogP contribution in [0.25, 0.3) is 0 Å². The van der Waals surface area contributed by atoms with E-state index in [-0.39, 0.29) is 17.2 Å². The third kappa shape index (κ3) is 1.85. The molecule has 3 rings (SSSR count). The van der Waals surface area contributed by atoms with Crippen molar-refractivity contribution in [2.24, 2.45) is 0 Å². The molecule has 2 aliphatic heterocycles. The molecule has 0 aromatic rings. The first kappa shape index (κ1) is 12.4. The van der Waals surface area contributed by atoms with E-state index in [1.165, 1.54) is 0 Å². The van der Waals surface area contributed by atoms with Crippen molar-refractivity contribution >= 4 is 5.91 Å². The van der Waals surface area contributed by atoms with Crippen molar-refractivity contribution in [3.05, 3.63) is 0 Å². The fraction of sp³-hybridized carbons (Fsp3) is 0.923. The van der Waals surface area contributed by atoms with E-state index >= 15 is 0 Å². The molecule has 5 heteroatoms. The summed E-state index contributed by atoms with van der Waals surface area (Å²) < 4.78 is 11.5. The number of rotatable bonds is 1. The van der Waals surface area contributed by atoms with Gasteiger partial charge in [-0.3, -0.25) is 4.79 Å². The zero-order valence-corrected chi connectivity index (χ0v) is 11.0. The first-order valence-electron chi connectivity index (χ1n) is 7.02. The minimum atomic E-state index is -0.387. The average Bonchev–Trinajstić information content (AvgIpc) is 2.85. The summed E-state index contributed by atoms with van der Waals surface area (Å²) >= 11 is 0. The van der Waals surface area contributed by atoms with Crippen LogP contribution in [0.4, 0.5) is 0 Å². The van der Waals surface area contributed by atoms with Crippen LogP contribution in [0, 0.1) is 0 Å². The van der Waals surface area contributed by atoms with Gasteiger partial charge in [-0.1, -0.05) is 0 Å². The molecule has 1 aliphatic carbocycles. The molecule has 0 atom stereocenters. The van der Waals surface area contributed by atoms with Crippen LogP contribution in [0.2, 0.25) is 0 Å². The molecule has 1 amide bonds. The van der Waals surface area contributed by atoms with Crippen molar-refractivity contribution in [3.63, 3.8) is 0 Å². The Kier molecular flexibility index (Phi) is 3.08. The fourth-order valence-electron chi connectivity index (χ4n) is 3.45. The van der Waals surface area contributed by atoms with E-state index in [1.807, 2.05) is 11.8 Å². The normalized spacial score (nSPS) is 30.3. The summed E-state index contributed by atoms with van der Waals surface area (Å²) in [7, 11) is 0. The largest absolute Gasteiger partial charge is 0.348 e. The van der Waals surface area contributed by atoms with Gasteiger partial charge in [0.05, 0.1) is 18.8 Å². The summed E-state index contributed by atoms with van der Waals surface area (Å²) in [6.45, 7) is 5.96. The highest BCUT2D eigenvalue weighted by molar-refractivity contribution is 5.87. The van der Waals surface area contributed by atoms with Crippen LogP contribution in [0.1, 0.15) is 32.6 Å². The summed E-state index contributed by atoms with van der Waals surface area (Å²) in [5.74, 6) is -0.120. The summed E-state index contributed by atoms with van der Waals surface area (Å²) in [5.41, 5.74) is -0.352. The number of carbonyl (C=O) groups excluding carboxylic acids is 1. The minimum absolute atomic E-state index is 0.268. The van der Waals surface area contributed by atoms with Gasteiger partial charge in [-0.15, -0.1) is 0 Å². The van der Waals surface area contributed by atoms with E-state index in [1.54, 1.807) is 0 Å². The number of hydrogen-bond donors (Lipinski definition) is 1. The van der Waals surface area contributed by atoms with Crippen molar-refractivity contribution in [2.75, 3.05) is 32.8 Å². The Morgan fingerprint density at radius 3 is 2.50 bits per heavy atom. The van der Waals surface area contributed by atoms with E-state index in [4.69, 9.17) is 9.47 Å². The summed E-state index contributed by atoms with van der Waals surface area (Å²) in [6.07, 6.45) is 3.29. The second kappa shape index (κ2) is 4.47. The summed E-state index contributed by atoms with van der Waals surface area (Å²) in [4.78, 5) is 14.5. The quantitative estimate of drug-likeness (QED) is 0.740. The first-order chi connectivity index (χ1) is 8.70. The molecule has 2 spiro atoms. The molecular formula is C13H22N2O3. The molecule has 1 saturated carbocycles. The predicted molar refractivity (Wildman–Crippen MR) is 66.1 cm³/mol. The van der Waals surface area contributed by atoms with Gasteiger partial charge in [-0.25, -0.2) is 0 Å². The van der Waals surface area contributed by atoms with Gasteiger partial charge in [0.25, 0.3) is 0 Å². The Labute approximate surface area is 108 Å². The van der Waals surface area contributed by atoms with E-state index in [0.29, 0.717) is 13.2 Å². The minimum Gasteiger partial charge on any atom is -0.348 e. The molecule has 2 heterocycles.